The third-order valence-electron chi connectivity index (χ3n) is 3.39. The Hall–Kier alpha value is -1.70. The normalized spacial score (nSPS) is 23.9. The van der Waals surface area contributed by atoms with Crippen molar-refractivity contribution in [3.8, 4) is 0 Å². The van der Waals surface area contributed by atoms with Crippen molar-refractivity contribution in [1.82, 2.24) is 9.88 Å². The summed E-state index contributed by atoms with van der Waals surface area (Å²) in [6, 6.07) is 4.10. The number of nitrogens with zero attached hydrogens (tertiary/aromatic N) is 2. The number of carbonyl (C=O) groups is 2. The molecule has 0 saturated carbocycles. The molecule has 1 fully saturated rings. The lowest BCUT2D eigenvalue weighted by molar-refractivity contribution is -0.120. The molecule has 1 aliphatic heterocycles. The van der Waals surface area contributed by atoms with Gasteiger partial charge in [0.15, 0.2) is 0 Å². The van der Waals surface area contributed by atoms with Gasteiger partial charge in [-0.3, -0.25) is 9.69 Å². The summed E-state index contributed by atoms with van der Waals surface area (Å²) in [7, 11) is 0. The smallest absolute Gasteiger partial charge is 0.411 e. The highest BCUT2D eigenvalue weighted by Gasteiger charge is 2.48. The van der Waals surface area contributed by atoms with Crippen molar-refractivity contribution in [3.05, 3.63) is 22.8 Å². The molecule has 6 nitrogen and oxygen atoms in total. The number of hydrogen-bond acceptors (Lipinski definition) is 4. The van der Waals surface area contributed by atoms with Crippen LogP contribution in [0.3, 0.4) is 0 Å². The van der Waals surface area contributed by atoms with Gasteiger partial charge in [0.25, 0.3) is 0 Å². The van der Waals surface area contributed by atoms with E-state index in [0.29, 0.717) is 10.4 Å². The number of halogens is 2. The van der Waals surface area contributed by atoms with Gasteiger partial charge in [0.05, 0.1) is 6.54 Å². The molecule has 1 saturated heterocycles. The lowest BCUT2D eigenvalue weighted by atomic mass is 10.0. The van der Waals surface area contributed by atoms with Crippen molar-refractivity contribution >= 4 is 33.7 Å². The fraction of sp³-hybridized carbons (Fsp3) is 0.562. The van der Waals surface area contributed by atoms with Crippen molar-refractivity contribution in [3.63, 3.8) is 0 Å². The van der Waals surface area contributed by atoms with E-state index in [9.17, 15) is 14.0 Å². The molecule has 0 bridgehead atoms. The second-order valence-corrected chi connectivity index (χ2v) is 7.89. The van der Waals surface area contributed by atoms with Crippen molar-refractivity contribution in [2.45, 2.75) is 51.4 Å². The SMILES string of the molecule is CC(C)(C)OC(=O)N1C[C@](C)(F)C[C@@H]1C(=O)Nc1cccc(Br)n1. The molecule has 2 heterocycles. The summed E-state index contributed by atoms with van der Waals surface area (Å²) < 4.78 is 20.3. The first-order valence-electron chi connectivity index (χ1n) is 7.59. The van der Waals surface area contributed by atoms with E-state index in [0.717, 1.165) is 4.90 Å². The molecule has 132 valence electrons. The standard InChI is InChI=1S/C16H21BrFN3O3/c1-15(2,3)24-14(23)21-9-16(4,18)8-10(21)13(22)20-12-7-5-6-11(17)19-12/h5-7,10H,8-9H2,1-4H3,(H,19,20,22)/t10-,16-/m1/s1. The number of amides is 2. The van der Waals surface area contributed by atoms with Crippen LogP contribution >= 0.6 is 15.9 Å². The molecule has 1 aliphatic rings. The number of ether oxygens (including phenoxy) is 1. The van der Waals surface area contributed by atoms with E-state index >= 15 is 0 Å². The van der Waals surface area contributed by atoms with Gasteiger partial charge in [-0.05, 0) is 55.8 Å². The van der Waals surface area contributed by atoms with Gasteiger partial charge in [0.1, 0.15) is 27.7 Å². The first-order chi connectivity index (χ1) is 11.0. The zero-order chi connectivity index (χ0) is 18.1. The lowest BCUT2D eigenvalue weighted by Crippen LogP contribution is -2.45. The molecule has 0 radical (unpaired) electrons. The van der Waals surface area contributed by atoms with Crippen LogP contribution in [0.2, 0.25) is 0 Å². The number of pyridine rings is 1. The third-order valence-corrected chi connectivity index (χ3v) is 3.83. The summed E-state index contributed by atoms with van der Waals surface area (Å²) >= 11 is 3.21. The van der Waals surface area contributed by atoms with Crippen LogP contribution in [0.25, 0.3) is 0 Å². The summed E-state index contributed by atoms with van der Waals surface area (Å²) in [6.45, 7) is 6.34. The molecule has 2 rings (SSSR count). The molecule has 0 aromatic carbocycles. The van der Waals surface area contributed by atoms with Crippen LogP contribution in [0, 0.1) is 0 Å². The van der Waals surface area contributed by atoms with Gasteiger partial charge in [-0.1, -0.05) is 6.07 Å². The molecule has 0 unspecified atom stereocenters. The van der Waals surface area contributed by atoms with Crippen molar-refractivity contribution in [2.24, 2.45) is 0 Å². The Kier molecular flexibility index (Phi) is 5.17. The highest BCUT2D eigenvalue weighted by Crippen LogP contribution is 2.32. The van der Waals surface area contributed by atoms with Gasteiger partial charge in [-0.2, -0.15) is 0 Å². The Bertz CT molecular complexity index is 646. The van der Waals surface area contributed by atoms with E-state index in [4.69, 9.17) is 4.74 Å². The third kappa shape index (κ3) is 4.90. The number of rotatable bonds is 2. The zero-order valence-corrected chi connectivity index (χ0v) is 15.7. The van der Waals surface area contributed by atoms with Crippen LogP contribution < -0.4 is 5.32 Å². The molecule has 2 atom stereocenters. The predicted molar refractivity (Wildman–Crippen MR) is 91.4 cm³/mol. The van der Waals surface area contributed by atoms with Gasteiger partial charge in [-0.25, -0.2) is 14.2 Å². The quantitative estimate of drug-likeness (QED) is 0.769. The highest BCUT2D eigenvalue weighted by molar-refractivity contribution is 9.10. The fourth-order valence-corrected chi connectivity index (χ4v) is 2.82. The molecule has 8 heteroatoms. The maximum atomic E-state index is 14.4. The second-order valence-electron chi connectivity index (χ2n) is 7.08. The molecule has 0 spiro atoms. The molecule has 0 aliphatic carbocycles. The van der Waals surface area contributed by atoms with E-state index in [1.54, 1.807) is 39.0 Å². The summed E-state index contributed by atoms with van der Waals surface area (Å²) in [4.78, 5) is 30.1. The van der Waals surface area contributed by atoms with Crippen molar-refractivity contribution in [2.75, 3.05) is 11.9 Å². The summed E-state index contributed by atoms with van der Waals surface area (Å²) in [5, 5.41) is 2.61. The lowest BCUT2D eigenvalue weighted by Gasteiger charge is -2.27. The number of aromatic nitrogens is 1. The highest BCUT2D eigenvalue weighted by atomic mass is 79.9. The van der Waals surface area contributed by atoms with E-state index < -0.39 is 29.3 Å². The first-order valence-corrected chi connectivity index (χ1v) is 8.38. The Morgan fingerprint density at radius 2 is 2.12 bits per heavy atom. The minimum atomic E-state index is -1.65. The minimum absolute atomic E-state index is 0.0912. The summed E-state index contributed by atoms with van der Waals surface area (Å²) in [5.41, 5.74) is -2.37. The largest absolute Gasteiger partial charge is 0.444 e. The van der Waals surface area contributed by atoms with Crippen LogP contribution in [0.1, 0.15) is 34.1 Å². The number of alkyl halides is 1. The molecule has 1 N–H and O–H groups in total. The first kappa shape index (κ1) is 18.6. The summed E-state index contributed by atoms with van der Waals surface area (Å²) in [5.74, 6) is -0.168. The van der Waals surface area contributed by atoms with Crippen LogP contribution in [0.15, 0.2) is 22.8 Å². The van der Waals surface area contributed by atoms with Crippen molar-refractivity contribution in [1.29, 1.82) is 0 Å². The average Bonchev–Trinajstić information content (AvgIpc) is 2.73. The minimum Gasteiger partial charge on any atom is -0.444 e. The van der Waals surface area contributed by atoms with E-state index in [1.165, 1.54) is 6.92 Å². The van der Waals surface area contributed by atoms with Gasteiger partial charge < -0.3 is 10.1 Å². The monoisotopic (exact) mass is 401 g/mol. The van der Waals surface area contributed by atoms with E-state index in [2.05, 4.69) is 26.2 Å². The number of anilines is 1. The number of likely N-dealkylation sites (tertiary alicyclic amines) is 1. The Morgan fingerprint density at radius 1 is 1.46 bits per heavy atom. The number of nitrogens with one attached hydrogen (secondary N) is 1. The maximum Gasteiger partial charge on any atom is 0.411 e. The van der Waals surface area contributed by atoms with Crippen LogP contribution in [-0.2, 0) is 9.53 Å². The van der Waals surface area contributed by atoms with Crippen molar-refractivity contribution < 1.29 is 18.7 Å². The topological polar surface area (TPSA) is 71.5 Å². The molecule has 1 aromatic rings. The Morgan fingerprint density at radius 3 is 2.71 bits per heavy atom. The van der Waals surface area contributed by atoms with Gasteiger partial charge >= 0.3 is 6.09 Å². The van der Waals surface area contributed by atoms with Gasteiger partial charge in [0, 0.05) is 6.42 Å². The van der Waals surface area contributed by atoms with Crippen LogP contribution in [0.5, 0.6) is 0 Å². The predicted octanol–water partition coefficient (Wildman–Crippen LogP) is 3.52. The molecule has 24 heavy (non-hydrogen) atoms. The fourth-order valence-electron chi connectivity index (χ4n) is 2.48. The maximum absolute atomic E-state index is 14.4. The zero-order valence-electron chi connectivity index (χ0n) is 14.1. The number of hydrogen-bond donors (Lipinski definition) is 1. The number of carbonyl (C=O) groups excluding carboxylic acids is 2. The second kappa shape index (κ2) is 6.66. The van der Waals surface area contributed by atoms with Crippen LogP contribution in [-0.4, -0.2) is 45.7 Å². The molecule has 2 amide bonds. The average molecular weight is 402 g/mol. The summed E-state index contributed by atoms with van der Waals surface area (Å²) in [6.07, 6.45) is -0.794. The molecular weight excluding hydrogens is 381 g/mol. The van der Waals surface area contributed by atoms with Gasteiger partial charge in [0.2, 0.25) is 5.91 Å². The molecular formula is C16H21BrFN3O3. The van der Waals surface area contributed by atoms with E-state index in [-0.39, 0.29) is 13.0 Å². The Balaban J connectivity index is 2.15. The van der Waals surface area contributed by atoms with Gasteiger partial charge in [-0.15, -0.1) is 0 Å². The molecule has 1 aromatic heterocycles. The van der Waals surface area contributed by atoms with E-state index in [1.807, 2.05) is 0 Å². The Labute approximate surface area is 148 Å². The van der Waals surface area contributed by atoms with Crippen LogP contribution in [0.4, 0.5) is 15.0 Å².